The largest absolute Gasteiger partial charge is 0.339 e. The van der Waals surface area contributed by atoms with Crippen molar-refractivity contribution in [3.8, 4) is 0 Å². The maximum Gasteiger partial charge on any atom is 0.254 e. The summed E-state index contributed by atoms with van der Waals surface area (Å²) in [6, 6.07) is 1.34. The standard InChI is InChI=1S/C16H25N3O2S/c1-16(2,3)13(17)15(21)19-7-4-6-18(8-9-19)14(20)12-5-10-22-11-12/h5,10-11,13H,4,6-9,17H2,1-3H3/t13-/m1/s1. The summed E-state index contributed by atoms with van der Waals surface area (Å²) in [5, 5.41) is 3.77. The summed E-state index contributed by atoms with van der Waals surface area (Å²) in [5.74, 6) is 0.0352. The van der Waals surface area contributed by atoms with Gasteiger partial charge in [-0.25, -0.2) is 0 Å². The molecule has 1 atom stereocenters. The maximum atomic E-state index is 12.5. The van der Waals surface area contributed by atoms with E-state index < -0.39 is 6.04 Å². The lowest BCUT2D eigenvalue weighted by molar-refractivity contribution is -0.134. The van der Waals surface area contributed by atoms with E-state index in [0.29, 0.717) is 26.2 Å². The zero-order valence-corrected chi connectivity index (χ0v) is 14.4. The molecule has 0 spiro atoms. The predicted molar refractivity (Wildman–Crippen MR) is 88.8 cm³/mol. The summed E-state index contributed by atoms with van der Waals surface area (Å²) in [5.41, 5.74) is 6.56. The van der Waals surface area contributed by atoms with Gasteiger partial charge >= 0.3 is 0 Å². The van der Waals surface area contributed by atoms with Crippen LogP contribution in [0.3, 0.4) is 0 Å². The lowest BCUT2D eigenvalue weighted by Crippen LogP contribution is -2.51. The van der Waals surface area contributed by atoms with Crippen LogP contribution in [0.5, 0.6) is 0 Å². The molecule has 0 bridgehead atoms. The Hall–Kier alpha value is -1.40. The molecule has 22 heavy (non-hydrogen) atoms. The van der Waals surface area contributed by atoms with Crippen molar-refractivity contribution < 1.29 is 9.59 Å². The fourth-order valence-electron chi connectivity index (χ4n) is 2.48. The van der Waals surface area contributed by atoms with Crippen LogP contribution in [0.25, 0.3) is 0 Å². The molecule has 1 aromatic rings. The Morgan fingerprint density at radius 1 is 1.18 bits per heavy atom. The number of thiophene rings is 1. The summed E-state index contributed by atoms with van der Waals surface area (Å²) in [6.07, 6.45) is 0.790. The molecule has 0 saturated carbocycles. The van der Waals surface area contributed by atoms with Gasteiger partial charge in [-0.15, -0.1) is 0 Å². The third-order valence-electron chi connectivity index (χ3n) is 4.06. The van der Waals surface area contributed by atoms with E-state index in [9.17, 15) is 9.59 Å². The van der Waals surface area contributed by atoms with Crippen molar-refractivity contribution >= 4 is 23.2 Å². The summed E-state index contributed by atoms with van der Waals surface area (Å²) < 4.78 is 0. The molecule has 0 aliphatic carbocycles. The minimum atomic E-state index is -0.508. The van der Waals surface area contributed by atoms with Gasteiger partial charge in [0.2, 0.25) is 5.91 Å². The molecule has 1 aliphatic rings. The van der Waals surface area contributed by atoms with Crippen LogP contribution in [0.15, 0.2) is 16.8 Å². The number of hydrogen-bond donors (Lipinski definition) is 1. The van der Waals surface area contributed by atoms with Gasteiger partial charge in [-0.3, -0.25) is 9.59 Å². The van der Waals surface area contributed by atoms with Gasteiger partial charge < -0.3 is 15.5 Å². The summed E-state index contributed by atoms with van der Waals surface area (Å²) in [6.45, 7) is 8.38. The van der Waals surface area contributed by atoms with Gasteiger partial charge in [0.05, 0.1) is 11.6 Å². The zero-order valence-electron chi connectivity index (χ0n) is 13.5. The Balaban J connectivity index is 1.98. The van der Waals surface area contributed by atoms with Crippen LogP contribution in [-0.4, -0.2) is 53.8 Å². The molecule has 5 nitrogen and oxygen atoms in total. The highest BCUT2D eigenvalue weighted by molar-refractivity contribution is 7.08. The van der Waals surface area contributed by atoms with E-state index >= 15 is 0 Å². The van der Waals surface area contributed by atoms with Crippen molar-refractivity contribution in [1.82, 2.24) is 9.80 Å². The van der Waals surface area contributed by atoms with E-state index in [1.807, 2.05) is 42.5 Å². The summed E-state index contributed by atoms with van der Waals surface area (Å²) in [7, 11) is 0. The smallest absolute Gasteiger partial charge is 0.254 e. The molecule has 6 heteroatoms. The van der Waals surface area contributed by atoms with Crippen molar-refractivity contribution in [3.63, 3.8) is 0 Å². The second-order valence-electron chi connectivity index (χ2n) is 6.83. The molecule has 2 rings (SSSR count). The highest BCUT2D eigenvalue weighted by Crippen LogP contribution is 2.20. The first-order valence-corrected chi connectivity index (χ1v) is 8.61. The number of nitrogens with two attached hydrogens (primary N) is 1. The van der Waals surface area contributed by atoms with Gasteiger partial charge in [0.25, 0.3) is 5.91 Å². The average Bonchev–Trinajstić information content (AvgIpc) is 2.88. The maximum absolute atomic E-state index is 12.5. The van der Waals surface area contributed by atoms with E-state index in [1.54, 1.807) is 4.90 Å². The van der Waals surface area contributed by atoms with Crippen LogP contribution in [-0.2, 0) is 4.79 Å². The zero-order chi connectivity index (χ0) is 16.3. The van der Waals surface area contributed by atoms with E-state index in [2.05, 4.69) is 0 Å². The van der Waals surface area contributed by atoms with Gasteiger partial charge in [0.1, 0.15) is 0 Å². The molecule has 1 aromatic heterocycles. The molecule has 0 radical (unpaired) electrons. The highest BCUT2D eigenvalue weighted by Gasteiger charge is 2.32. The van der Waals surface area contributed by atoms with Crippen LogP contribution >= 0.6 is 11.3 Å². The van der Waals surface area contributed by atoms with Crippen molar-refractivity contribution in [2.24, 2.45) is 11.1 Å². The molecule has 122 valence electrons. The Kier molecular flexibility index (Phi) is 5.24. The lowest BCUT2D eigenvalue weighted by Gasteiger charge is -2.31. The number of carbonyl (C=O) groups is 2. The third kappa shape index (κ3) is 3.87. The minimum Gasteiger partial charge on any atom is -0.339 e. The molecule has 2 amide bonds. The first-order chi connectivity index (χ1) is 10.3. The van der Waals surface area contributed by atoms with Gasteiger partial charge in [-0.2, -0.15) is 11.3 Å². The normalized spacial score (nSPS) is 18.0. The lowest BCUT2D eigenvalue weighted by atomic mass is 9.86. The Bertz CT molecular complexity index is 522. The first kappa shape index (κ1) is 17.0. The van der Waals surface area contributed by atoms with Crippen LogP contribution in [0.1, 0.15) is 37.6 Å². The Morgan fingerprint density at radius 3 is 2.41 bits per heavy atom. The van der Waals surface area contributed by atoms with E-state index in [-0.39, 0.29) is 17.2 Å². The number of rotatable bonds is 2. The third-order valence-corrected chi connectivity index (χ3v) is 4.75. The first-order valence-electron chi connectivity index (χ1n) is 7.66. The number of hydrogen-bond acceptors (Lipinski definition) is 4. The predicted octanol–water partition coefficient (Wildman–Crippen LogP) is 1.80. The molecule has 1 aliphatic heterocycles. The van der Waals surface area contributed by atoms with E-state index in [4.69, 9.17) is 5.73 Å². The van der Waals surface area contributed by atoms with Crippen molar-refractivity contribution in [2.75, 3.05) is 26.2 Å². The fourth-order valence-corrected chi connectivity index (χ4v) is 3.11. The quantitative estimate of drug-likeness (QED) is 0.902. The molecule has 1 fully saturated rings. The highest BCUT2D eigenvalue weighted by atomic mass is 32.1. The van der Waals surface area contributed by atoms with Crippen LogP contribution < -0.4 is 5.73 Å². The van der Waals surface area contributed by atoms with Gasteiger partial charge in [-0.1, -0.05) is 20.8 Å². The minimum absolute atomic E-state index is 0.0164. The molecule has 2 heterocycles. The molecule has 0 unspecified atom stereocenters. The van der Waals surface area contributed by atoms with E-state index in [1.165, 1.54) is 11.3 Å². The molecular weight excluding hydrogens is 298 g/mol. The SMILES string of the molecule is CC(C)(C)[C@H](N)C(=O)N1CCCN(C(=O)c2ccsc2)CC1. The van der Waals surface area contributed by atoms with Crippen LogP contribution in [0.2, 0.25) is 0 Å². The van der Waals surface area contributed by atoms with Crippen molar-refractivity contribution in [1.29, 1.82) is 0 Å². The number of amides is 2. The summed E-state index contributed by atoms with van der Waals surface area (Å²) >= 11 is 1.52. The van der Waals surface area contributed by atoms with Gasteiger partial charge in [0.15, 0.2) is 0 Å². The molecule has 1 saturated heterocycles. The number of carbonyl (C=O) groups excluding carboxylic acids is 2. The average molecular weight is 323 g/mol. The summed E-state index contributed by atoms with van der Waals surface area (Å²) in [4.78, 5) is 28.5. The molecule has 0 aromatic carbocycles. The second-order valence-corrected chi connectivity index (χ2v) is 7.61. The monoisotopic (exact) mass is 323 g/mol. The fraction of sp³-hybridized carbons (Fsp3) is 0.625. The number of nitrogens with zero attached hydrogens (tertiary/aromatic N) is 2. The Labute approximate surface area is 136 Å². The van der Waals surface area contributed by atoms with Gasteiger partial charge in [-0.05, 0) is 23.3 Å². The van der Waals surface area contributed by atoms with Crippen LogP contribution in [0, 0.1) is 5.41 Å². The topological polar surface area (TPSA) is 66.6 Å². The van der Waals surface area contributed by atoms with E-state index in [0.717, 1.165) is 12.0 Å². The molecular formula is C16H25N3O2S. The molecule has 2 N–H and O–H groups in total. The van der Waals surface area contributed by atoms with Crippen LogP contribution in [0.4, 0.5) is 0 Å². The van der Waals surface area contributed by atoms with Gasteiger partial charge in [0, 0.05) is 31.6 Å². The van der Waals surface area contributed by atoms with Crippen molar-refractivity contribution in [3.05, 3.63) is 22.4 Å². The second kappa shape index (κ2) is 6.79. The van der Waals surface area contributed by atoms with Crippen molar-refractivity contribution in [2.45, 2.75) is 33.2 Å². The Morgan fingerprint density at radius 2 is 1.82 bits per heavy atom.